The highest BCUT2D eigenvalue weighted by molar-refractivity contribution is 5.90. The highest BCUT2D eigenvalue weighted by Gasteiger charge is 2.05. The molecule has 1 aromatic carbocycles. The van der Waals surface area contributed by atoms with Gasteiger partial charge >= 0.3 is 5.97 Å². The van der Waals surface area contributed by atoms with Gasteiger partial charge in [-0.3, -0.25) is 0 Å². The number of carbonyl (C=O) groups is 1. The van der Waals surface area contributed by atoms with Crippen molar-refractivity contribution in [2.75, 3.05) is 6.61 Å². The predicted molar refractivity (Wildman–Crippen MR) is 52.5 cm³/mol. The molecule has 0 radical (unpaired) electrons. The maximum absolute atomic E-state index is 11.9. The number of hydrogen-bond donors (Lipinski definition) is 0. The molecule has 0 spiro atoms. The Morgan fingerprint density at radius 1 is 1.57 bits per heavy atom. The van der Waals surface area contributed by atoms with E-state index in [4.69, 9.17) is 4.74 Å². The highest BCUT2D eigenvalue weighted by atomic mass is 19.1. The summed E-state index contributed by atoms with van der Waals surface area (Å²) in [6.07, 6.45) is 1.72. The van der Waals surface area contributed by atoms with Crippen LogP contribution < -0.4 is 0 Å². The summed E-state index contributed by atoms with van der Waals surface area (Å²) in [7, 11) is 0. The van der Waals surface area contributed by atoms with Crippen molar-refractivity contribution in [2.45, 2.75) is 6.92 Å². The zero-order valence-electron chi connectivity index (χ0n) is 7.87. The number of halogens is 1. The molecule has 0 aromatic heterocycles. The number of rotatable bonds is 3. The van der Waals surface area contributed by atoms with Gasteiger partial charge in [-0.1, -0.05) is 12.1 Å². The lowest BCUT2D eigenvalue weighted by atomic mass is 10.1. The first-order valence-electron chi connectivity index (χ1n) is 4.32. The van der Waals surface area contributed by atoms with Gasteiger partial charge in [-0.2, -0.15) is 0 Å². The van der Waals surface area contributed by atoms with E-state index in [1.165, 1.54) is 6.08 Å². The highest BCUT2D eigenvalue weighted by Crippen LogP contribution is 2.08. The van der Waals surface area contributed by atoms with E-state index in [9.17, 15) is 9.18 Å². The molecule has 0 aliphatic rings. The second-order valence-corrected chi connectivity index (χ2v) is 2.64. The van der Waals surface area contributed by atoms with Gasteiger partial charge in [-0.25, -0.2) is 9.18 Å². The van der Waals surface area contributed by atoms with E-state index in [2.05, 4.69) is 0 Å². The summed E-state index contributed by atoms with van der Waals surface area (Å²) in [6, 6.07) is 6.60. The molecule has 0 aliphatic carbocycles. The Balaban J connectivity index is 2.87. The van der Waals surface area contributed by atoms with E-state index >= 15 is 0 Å². The average Bonchev–Trinajstić information content (AvgIpc) is 2.19. The lowest BCUT2D eigenvalue weighted by Gasteiger charge is -2.01. The molecule has 0 saturated carbocycles. The first kappa shape index (κ1) is 10.4. The Labute approximate surface area is 82.0 Å². The van der Waals surface area contributed by atoms with Gasteiger partial charge in [-0.15, -0.1) is 0 Å². The molecule has 0 amide bonds. The molecule has 1 aromatic rings. The molecule has 0 bridgehead atoms. The quantitative estimate of drug-likeness (QED) is 0.691. The lowest BCUT2D eigenvalue weighted by molar-refractivity contribution is 0.0526. The van der Waals surface area contributed by atoms with E-state index in [-0.39, 0.29) is 5.97 Å². The molecule has 74 valence electrons. The Morgan fingerprint density at radius 3 is 3.00 bits per heavy atom. The third-order valence-electron chi connectivity index (χ3n) is 1.65. The molecule has 2 nitrogen and oxygen atoms in total. The molecule has 14 heavy (non-hydrogen) atoms. The van der Waals surface area contributed by atoms with Crippen LogP contribution in [-0.2, 0) is 4.74 Å². The lowest BCUT2D eigenvalue weighted by Crippen LogP contribution is -2.04. The van der Waals surface area contributed by atoms with Crippen LogP contribution in [0.25, 0.3) is 6.08 Å². The number of carbonyl (C=O) groups excluding carboxylic acids is 1. The minimum absolute atomic E-state index is 0.335. The van der Waals surface area contributed by atoms with Gasteiger partial charge in [0.25, 0.3) is 0 Å². The van der Waals surface area contributed by atoms with Gasteiger partial charge in [-0.05, 0) is 30.7 Å². The van der Waals surface area contributed by atoms with Crippen molar-refractivity contribution in [3.63, 3.8) is 0 Å². The smallest absolute Gasteiger partial charge is 0.338 e. The average molecular weight is 194 g/mol. The van der Waals surface area contributed by atoms with E-state index in [1.807, 2.05) is 0 Å². The van der Waals surface area contributed by atoms with E-state index in [0.717, 1.165) is 0 Å². The first-order valence-corrected chi connectivity index (χ1v) is 4.32. The summed E-state index contributed by atoms with van der Waals surface area (Å²) in [6.45, 7) is 2.07. The fourth-order valence-electron chi connectivity index (χ4n) is 1.06. The van der Waals surface area contributed by atoms with Crippen LogP contribution in [0.1, 0.15) is 22.8 Å². The molecule has 0 atom stereocenters. The van der Waals surface area contributed by atoms with Crippen LogP contribution in [-0.4, -0.2) is 12.6 Å². The Kier molecular flexibility index (Phi) is 3.85. The van der Waals surface area contributed by atoms with Crippen LogP contribution >= 0.6 is 0 Å². The summed E-state index contributed by atoms with van der Waals surface area (Å²) < 4.78 is 16.7. The van der Waals surface area contributed by atoms with Crippen LogP contribution in [0, 0.1) is 0 Å². The van der Waals surface area contributed by atoms with Crippen LogP contribution in [0.4, 0.5) is 4.39 Å². The largest absolute Gasteiger partial charge is 0.462 e. The second kappa shape index (κ2) is 5.17. The van der Waals surface area contributed by atoms with Gasteiger partial charge in [0.1, 0.15) is 0 Å². The van der Waals surface area contributed by atoms with Crippen molar-refractivity contribution in [1.29, 1.82) is 0 Å². The van der Waals surface area contributed by atoms with Crippen molar-refractivity contribution in [1.82, 2.24) is 0 Å². The topological polar surface area (TPSA) is 26.3 Å². The van der Waals surface area contributed by atoms with Crippen LogP contribution in [0.3, 0.4) is 0 Å². The van der Waals surface area contributed by atoms with Crippen molar-refractivity contribution in [2.24, 2.45) is 0 Å². The van der Waals surface area contributed by atoms with Crippen LogP contribution in [0.5, 0.6) is 0 Å². The van der Waals surface area contributed by atoms with Gasteiger partial charge in [0.15, 0.2) is 0 Å². The molecule has 3 heteroatoms. The number of benzene rings is 1. The maximum atomic E-state index is 11.9. The standard InChI is InChI=1S/C11H11FO2/c1-2-14-11(13)10-5-3-4-9(8-10)6-7-12/h3-8H,2H2,1H3/b7-6+. The van der Waals surface area contributed by atoms with Crippen LogP contribution in [0.15, 0.2) is 30.6 Å². The molecule has 0 aliphatic heterocycles. The third-order valence-corrected chi connectivity index (χ3v) is 1.65. The number of ether oxygens (including phenoxy) is 1. The first-order chi connectivity index (χ1) is 6.77. The molecule has 0 heterocycles. The SMILES string of the molecule is CCOC(=O)c1cccc(/C=C/F)c1. The molecular formula is C11H11FO2. The zero-order chi connectivity index (χ0) is 10.4. The number of hydrogen-bond acceptors (Lipinski definition) is 2. The van der Waals surface area contributed by atoms with Gasteiger partial charge in [0, 0.05) is 0 Å². The van der Waals surface area contributed by atoms with E-state index in [1.54, 1.807) is 31.2 Å². The Bertz CT molecular complexity index is 345. The predicted octanol–water partition coefficient (Wildman–Crippen LogP) is 2.80. The zero-order valence-corrected chi connectivity index (χ0v) is 7.87. The van der Waals surface area contributed by atoms with Crippen molar-refractivity contribution in [3.05, 3.63) is 41.7 Å². The van der Waals surface area contributed by atoms with Crippen molar-refractivity contribution >= 4 is 12.0 Å². The summed E-state index contributed by atoms with van der Waals surface area (Å²) >= 11 is 0. The van der Waals surface area contributed by atoms with E-state index in [0.29, 0.717) is 24.1 Å². The summed E-state index contributed by atoms with van der Waals surface area (Å²) in [5.41, 5.74) is 1.07. The molecule has 0 fully saturated rings. The van der Waals surface area contributed by atoms with E-state index < -0.39 is 0 Å². The third kappa shape index (κ3) is 2.69. The molecule has 1 rings (SSSR count). The van der Waals surface area contributed by atoms with Gasteiger partial charge in [0.05, 0.1) is 18.5 Å². The fraction of sp³-hybridized carbons (Fsp3) is 0.182. The normalized spacial score (nSPS) is 10.4. The van der Waals surface area contributed by atoms with Crippen LogP contribution in [0.2, 0.25) is 0 Å². The van der Waals surface area contributed by atoms with Crippen molar-refractivity contribution < 1.29 is 13.9 Å². The summed E-state index contributed by atoms with van der Waals surface area (Å²) in [4.78, 5) is 11.3. The molecule has 0 saturated heterocycles. The summed E-state index contributed by atoms with van der Waals surface area (Å²) in [5, 5.41) is 0. The maximum Gasteiger partial charge on any atom is 0.338 e. The fourth-order valence-corrected chi connectivity index (χ4v) is 1.06. The minimum atomic E-state index is -0.387. The monoisotopic (exact) mass is 194 g/mol. The minimum Gasteiger partial charge on any atom is -0.462 e. The summed E-state index contributed by atoms with van der Waals surface area (Å²) in [5.74, 6) is -0.387. The van der Waals surface area contributed by atoms with Crippen molar-refractivity contribution in [3.8, 4) is 0 Å². The second-order valence-electron chi connectivity index (χ2n) is 2.64. The molecular weight excluding hydrogens is 183 g/mol. The van der Waals surface area contributed by atoms with Gasteiger partial charge in [0.2, 0.25) is 0 Å². The van der Waals surface area contributed by atoms with Gasteiger partial charge < -0.3 is 4.74 Å². The molecule has 0 unspecified atom stereocenters. The molecule has 0 N–H and O–H groups in total. The Hall–Kier alpha value is -1.64. The Morgan fingerprint density at radius 2 is 2.36 bits per heavy atom. The number of esters is 1.